The number of halogens is 3. The molecule has 5 nitrogen and oxygen atoms in total. The number of amides is 1. The highest BCUT2D eigenvalue weighted by molar-refractivity contribution is 7.92. The highest BCUT2D eigenvalue weighted by Crippen LogP contribution is 2.33. The lowest BCUT2D eigenvalue weighted by atomic mass is 10.1. The van der Waals surface area contributed by atoms with Gasteiger partial charge in [-0.25, -0.2) is 8.42 Å². The van der Waals surface area contributed by atoms with Crippen LogP contribution >= 0.6 is 34.8 Å². The average Bonchev–Trinajstić information content (AvgIpc) is 2.53. The molecule has 0 unspecified atom stereocenters. The number of nitrogens with zero attached hydrogens (tertiary/aromatic N) is 1. The largest absolute Gasteiger partial charge is 0.324 e. The summed E-state index contributed by atoms with van der Waals surface area (Å²) in [6.45, 7) is 1.71. The summed E-state index contributed by atoms with van der Waals surface area (Å²) in [6, 6.07) is 10.0. The van der Waals surface area contributed by atoms with Crippen molar-refractivity contribution >= 4 is 62.1 Å². The van der Waals surface area contributed by atoms with Gasteiger partial charge in [-0.3, -0.25) is 9.10 Å². The van der Waals surface area contributed by atoms with Gasteiger partial charge in [-0.2, -0.15) is 0 Å². The minimum atomic E-state index is -3.81. The van der Waals surface area contributed by atoms with Crippen LogP contribution in [0, 0.1) is 0 Å². The van der Waals surface area contributed by atoms with Gasteiger partial charge in [0.1, 0.15) is 6.04 Å². The molecule has 140 valence electrons. The molecular weight excluding hydrogens is 419 g/mol. The van der Waals surface area contributed by atoms with E-state index in [1.165, 1.54) is 12.1 Å². The summed E-state index contributed by atoms with van der Waals surface area (Å²) in [6.07, 6.45) is 1.24. The molecule has 0 radical (unpaired) electrons. The second kappa shape index (κ2) is 8.48. The first-order chi connectivity index (χ1) is 12.1. The molecule has 9 heteroatoms. The Balaban J connectivity index is 2.44. The molecule has 26 heavy (non-hydrogen) atoms. The number of carbonyl (C=O) groups is 1. The minimum absolute atomic E-state index is 0.148. The number of carbonyl (C=O) groups excluding carboxylic acids is 1. The molecule has 0 aliphatic carbocycles. The summed E-state index contributed by atoms with van der Waals surface area (Å²) < 4.78 is 25.8. The van der Waals surface area contributed by atoms with Gasteiger partial charge in [0, 0.05) is 15.7 Å². The van der Waals surface area contributed by atoms with E-state index in [0.29, 0.717) is 15.7 Å². The van der Waals surface area contributed by atoms with Crippen LogP contribution < -0.4 is 9.62 Å². The zero-order chi connectivity index (χ0) is 19.5. The summed E-state index contributed by atoms with van der Waals surface area (Å²) in [5.74, 6) is -0.503. The molecule has 0 fully saturated rings. The molecule has 0 saturated heterocycles. The zero-order valence-electron chi connectivity index (χ0n) is 14.0. The van der Waals surface area contributed by atoms with Crippen LogP contribution in [-0.4, -0.2) is 26.6 Å². The molecule has 1 N–H and O–H groups in total. The van der Waals surface area contributed by atoms with Crippen molar-refractivity contribution in [2.75, 3.05) is 15.9 Å². The van der Waals surface area contributed by atoms with Crippen LogP contribution in [0.3, 0.4) is 0 Å². The number of nitrogens with one attached hydrogen (secondary N) is 1. The monoisotopic (exact) mass is 434 g/mol. The smallest absolute Gasteiger partial charge is 0.248 e. The Morgan fingerprint density at radius 1 is 1.12 bits per heavy atom. The molecule has 0 saturated carbocycles. The van der Waals surface area contributed by atoms with Gasteiger partial charge < -0.3 is 5.32 Å². The lowest BCUT2D eigenvalue weighted by Crippen LogP contribution is -2.47. The molecule has 1 atom stereocenters. The van der Waals surface area contributed by atoms with Crippen LogP contribution in [0.2, 0.25) is 15.1 Å². The molecule has 1 amide bonds. The van der Waals surface area contributed by atoms with Crippen LogP contribution in [0.1, 0.15) is 13.3 Å². The number of anilines is 2. The quantitative estimate of drug-likeness (QED) is 0.706. The molecule has 2 aromatic carbocycles. The fraction of sp³-hybridized carbons (Fsp3) is 0.235. The van der Waals surface area contributed by atoms with Gasteiger partial charge in [0.2, 0.25) is 15.9 Å². The van der Waals surface area contributed by atoms with E-state index in [-0.39, 0.29) is 17.1 Å². The maximum atomic E-state index is 12.8. The van der Waals surface area contributed by atoms with E-state index in [1.54, 1.807) is 37.3 Å². The summed E-state index contributed by atoms with van der Waals surface area (Å²) in [5, 5.41) is 3.62. The predicted molar refractivity (Wildman–Crippen MR) is 108 cm³/mol. The van der Waals surface area contributed by atoms with Crippen molar-refractivity contribution in [2.45, 2.75) is 19.4 Å². The number of sulfonamides is 1. The zero-order valence-corrected chi connectivity index (χ0v) is 17.1. The predicted octanol–water partition coefficient (Wildman–Crippen LogP) is 4.83. The maximum Gasteiger partial charge on any atom is 0.248 e. The molecule has 0 aliphatic heterocycles. The molecule has 0 aromatic heterocycles. The van der Waals surface area contributed by atoms with Gasteiger partial charge in [-0.05, 0) is 42.8 Å². The third kappa shape index (κ3) is 5.04. The van der Waals surface area contributed by atoms with Gasteiger partial charge in [0.15, 0.2) is 0 Å². The van der Waals surface area contributed by atoms with Crippen LogP contribution in [0.5, 0.6) is 0 Å². The van der Waals surface area contributed by atoms with E-state index in [4.69, 9.17) is 34.8 Å². The van der Waals surface area contributed by atoms with E-state index < -0.39 is 22.0 Å². The maximum absolute atomic E-state index is 12.8. The van der Waals surface area contributed by atoms with Gasteiger partial charge in [0.25, 0.3) is 0 Å². The van der Waals surface area contributed by atoms with Crippen molar-refractivity contribution < 1.29 is 13.2 Å². The number of rotatable bonds is 6. The lowest BCUT2D eigenvalue weighted by Gasteiger charge is -2.30. The van der Waals surface area contributed by atoms with Crippen LogP contribution in [0.15, 0.2) is 42.5 Å². The van der Waals surface area contributed by atoms with Gasteiger partial charge >= 0.3 is 0 Å². The van der Waals surface area contributed by atoms with E-state index in [9.17, 15) is 13.2 Å². The van der Waals surface area contributed by atoms with E-state index in [0.717, 1.165) is 10.6 Å². The van der Waals surface area contributed by atoms with Crippen molar-refractivity contribution in [3.8, 4) is 0 Å². The van der Waals surface area contributed by atoms with E-state index in [2.05, 4.69) is 5.32 Å². The van der Waals surface area contributed by atoms with Crippen LogP contribution in [0.25, 0.3) is 0 Å². The van der Waals surface area contributed by atoms with Crippen molar-refractivity contribution in [1.29, 1.82) is 0 Å². The highest BCUT2D eigenvalue weighted by atomic mass is 35.5. The second-order valence-electron chi connectivity index (χ2n) is 5.58. The second-order valence-corrected chi connectivity index (χ2v) is 8.72. The van der Waals surface area contributed by atoms with Gasteiger partial charge in [-0.1, -0.05) is 47.8 Å². The van der Waals surface area contributed by atoms with Crippen molar-refractivity contribution in [1.82, 2.24) is 0 Å². The molecule has 2 rings (SSSR count). The first kappa shape index (κ1) is 20.8. The molecule has 0 heterocycles. The van der Waals surface area contributed by atoms with Crippen molar-refractivity contribution in [3.05, 3.63) is 57.5 Å². The van der Waals surface area contributed by atoms with Crippen molar-refractivity contribution in [2.24, 2.45) is 0 Å². The standard InChI is InChI=1S/C17H17Cl3N2O3S/c1-3-15(17(23)21-13-6-4-5-11(18)9-13)22(26(2,24)25)16-10-12(19)7-8-14(16)20/h4-10,15H,3H2,1-2H3,(H,21,23)/t15-/m0/s1. The Morgan fingerprint density at radius 3 is 2.35 bits per heavy atom. The topological polar surface area (TPSA) is 66.5 Å². The van der Waals surface area contributed by atoms with Gasteiger partial charge in [0.05, 0.1) is 17.0 Å². The first-order valence-electron chi connectivity index (χ1n) is 7.64. The van der Waals surface area contributed by atoms with Crippen LogP contribution in [-0.2, 0) is 14.8 Å². The first-order valence-corrected chi connectivity index (χ1v) is 10.6. The summed E-state index contributed by atoms with van der Waals surface area (Å²) in [5.41, 5.74) is 0.612. The van der Waals surface area contributed by atoms with Crippen LogP contribution in [0.4, 0.5) is 11.4 Å². The number of benzene rings is 2. The Kier molecular flexibility index (Phi) is 6.80. The Labute approximate surface area is 167 Å². The number of hydrogen-bond acceptors (Lipinski definition) is 3. The number of hydrogen-bond donors (Lipinski definition) is 1. The van der Waals surface area contributed by atoms with E-state index in [1.807, 2.05) is 0 Å². The SMILES string of the molecule is CC[C@@H](C(=O)Nc1cccc(Cl)c1)N(c1cc(Cl)ccc1Cl)S(C)(=O)=O. The van der Waals surface area contributed by atoms with E-state index >= 15 is 0 Å². The fourth-order valence-corrected chi connectivity index (χ4v) is 4.31. The Morgan fingerprint density at radius 2 is 1.77 bits per heavy atom. The summed E-state index contributed by atoms with van der Waals surface area (Å²) in [4.78, 5) is 12.8. The third-order valence-electron chi connectivity index (χ3n) is 3.57. The Bertz CT molecular complexity index is 919. The summed E-state index contributed by atoms with van der Waals surface area (Å²) >= 11 is 18.1. The van der Waals surface area contributed by atoms with Gasteiger partial charge in [-0.15, -0.1) is 0 Å². The minimum Gasteiger partial charge on any atom is -0.324 e. The molecule has 2 aromatic rings. The third-order valence-corrected chi connectivity index (χ3v) is 5.52. The molecule has 0 spiro atoms. The molecular formula is C17H17Cl3N2O3S. The normalized spacial score (nSPS) is 12.5. The highest BCUT2D eigenvalue weighted by Gasteiger charge is 2.33. The average molecular weight is 436 g/mol. The summed E-state index contributed by atoms with van der Waals surface area (Å²) in [7, 11) is -3.81. The molecule has 0 bridgehead atoms. The van der Waals surface area contributed by atoms with Crippen molar-refractivity contribution in [3.63, 3.8) is 0 Å². The molecule has 0 aliphatic rings. The fourth-order valence-electron chi connectivity index (χ4n) is 2.48. The lowest BCUT2D eigenvalue weighted by molar-refractivity contribution is -0.117. The Hall–Kier alpha value is -1.47.